The molecule has 0 saturated heterocycles. The van der Waals surface area contributed by atoms with Crippen molar-refractivity contribution < 1.29 is 9.18 Å². The summed E-state index contributed by atoms with van der Waals surface area (Å²) in [6.07, 6.45) is 0. The van der Waals surface area contributed by atoms with Gasteiger partial charge in [0.1, 0.15) is 5.83 Å². The average Bonchev–Trinajstić information content (AvgIpc) is 1.84. The average molecular weight is 159 g/mol. The molecule has 0 bridgehead atoms. The smallest absolute Gasteiger partial charge is 0.249 e. The van der Waals surface area contributed by atoms with E-state index in [0.29, 0.717) is 0 Å². The number of hydrogen-bond donors (Lipinski definition) is 1. The second kappa shape index (κ2) is 4.11. The quantitative estimate of drug-likeness (QED) is 0.611. The zero-order chi connectivity index (χ0) is 9.02. The van der Waals surface area contributed by atoms with Crippen LogP contribution in [0.3, 0.4) is 0 Å². The summed E-state index contributed by atoms with van der Waals surface area (Å²) >= 11 is 0. The first-order valence-electron chi connectivity index (χ1n) is 3.59. The summed E-state index contributed by atoms with van der Waals surface area (Å²) in [5, 5.41) is 2.59. The number of amides is 1. The molecule has 0 rings (SSSR count). The largest absolute Gasteiger partial charge is 0.350 e. The van der Waals surface area contributed by atoms with Crippen molar-refractivity contribution in [3.63, 3.8) is 0 Å². The first-order valence-corrected chi connectivity index (χ1v) is 3.59. The topological polar surface area (TPSA) is 29.1 Å². The number of nitrogens with one attached hydrogen (secondary N) is 1. The highest BCUT2D eigenvalue weighted by atomic mass is 19.1. The molecule has 64 valence electrons. The third kappa shape index (κ3) is 3.75. The van der Waals surface area contributed by atoms with Crippen LogP contribution < -0.4 is 5.32 Å². The summed E-state index contributed by atoms with van der Waals surface area (Å²) in [7, 11) is 0. The minimum Gasteiger partial charge on any atom is -0.350 e. The molecule has 0 spiro atoms. The van der Waals surface area contributed by atoms with E-state index in [1.54, 1.807) is 0 Å². The number of rotatable bonds is 2. The molecule has 0 unspecified atom stereocenters. The van der Waals surface area contributed by atoms with Gasteiger partial charge in [-0.1, -0.05) is 0 Å². The molecule has 0 fully saturated rings. The van der Waals surface area contributed by atoms with E-state index in [-0.39, 0.29) is 17.5 Å². The Labute approximate surface area is 66.5 Å². The lowest BCUT2D eigenvalue weighted by molar-refractivity contribution is -0.118. The summed E-state index contributed by atoms with van der Waals surface area (Å²) in [4.78, 5) is 11.0. The molecule has 0 saturated carbocycles. The molecule has 0 aromatic rings. The molecule has 2 nitrogen and oxygen atoms in total. The minimum atomic E-state index is -0.428. The maximum atomic E-state index is 12.4. The number of hydrogen-bond acceptors (Lipinski definition) is 1. The van der Waals surface area contributed by atoms with Gasteiger partial charge in [-0.15, -0.1) is 0 Å². The SMILES string of the molecule is C/C(F)=C(\C)C(=O)NC(C)C. The van der Waals surface area contributed by atoms with E-state index in [4.69, 9.17) is 0 Å². The Balaban J connectivity index is 4.17. The first kappa shape index (κ1) is 10.1. The van der Waals surface area contributed by atoms with Crippen LogP contribution in [0, 0.1) is 0 Å². The predicted molar refractivity (Wildman–Crippen MR) is 42.8 cm³/mol. The van der Waals surface area contributed by atoms with Gasteiger partial charge in [0, 0.05) is 11.6 Å². The van der Waals surface area contributed by atoms with Crippen molar-refractivity contribution in [2.45, 2.75) is 33.7 Å². The lowest BCUT2D eigenvalue weighted by Gasteiger charge is -2.07. The molecule has 1 amide bonds. The maximum Gasteiger partial charge on any atom is 0.249 e. The Morgan fingerprint density at radius 2 is 1.82 bits per heavy atom. The summed E-state index contributed by atoms with van der Waals surface area (Å²) in [6, 6.07) is 0.0526. The summed E-state index contributed by atoms with van der Waals surface area (Å²) in [6.45, 7) is 6.40. The van der Waals surface area contributed by atoms with Crippen LogP contribution in [0.2, 0.25) is 0 Å². The van der Waals surface area contributed by atoms with Crippen molar-refractivity contribution >= 4 is 5.91 Å². The Morgan fingerprint density at radius 3 is 2.09 bits per heavy atom. The van der Waals surface area contributed by atoms with E-state index < -0.39 is 5.83 Å². The van der Waals surface area contributed by atoms with E-state index in [0.717, 1.165) is 0 Å². The van der Waals surface area contributed by atoms with Gasteiger partial charge in [-0.2, -0.15) is 0 Å². The zero-order valence-electron chi connectivity index (χ0n) is 7.36. The van der Waals surface area contributed by atoms with Crippen molar-refractivity contribution in [3.8, 4) is 0 Å². The van der Waals surface area contributed by atoms with E-state index >= 15 is 0 Å². The third-order valence-electron chi connectivity index (χ3n) is 1.28. The first-order chi connectivity index (χ1) is 4.95. The van der Waals surface area contributed by atoms with Crippen molar-refractivity contribution in [2.75, 3.05) is 0 Å². The fraction of sp³-hybridized carbons (Fsp3) is 0.625. The Bertz CT molecular complexity index is 181. The third-order valence-corrected chi connectivity index (χ3v) is 1.28. The molecule has 0 aliphatic carbocycles. The summed E-state index contributed by atoms with van der Waals surface area (Å²) in [5.74, 6) is -0.761. The molecule has 0 aromatic carbocycles. The molecule has 3 heteroatoms. The molecule has 11 heavy (non-hydrogen) atoms. The van der Waals surface area contributed by atoms with Crippen molar-refractivity contribution in [3.05, 3.63) is 11.4 Å². The van der Waals surface area contributed by atoms with Gasteiger partial charge in [-0.05, 0) is 27.7 Å². The summed E-state index contributed by atoms with van der Waals surface area (Å²) in [5.41, 5.74) is 0.152. The van der Waals surface area contributed by atoms with Crippen LogP contribution in [-0.2, 0) is 4.79 Å². The van der Waals surface area contributed by atoms with Crippen LogP contribution in [0.5, 0.6) is 0 Å². The zero-order valence-corrected chi connectivity index (χ0v) is 7.36. The summed E-state index contributed by atoms with van der Waals surface area (Å²) < 4.78 is 12.4. The maximum absolute atomic E-state index is 12.4. The number of halogens is 1. The molecule has 0 heterocycles. The fourth-order valence-corrected chi connectivity index (χ4v) is 0.527. The second-order valence-corrected chi connectivity index (χ2v) is 2.79. The number of allylic oxidation sites excluding steroid dienone is 1. The number of carbonyl (C=O) groups excluding carboxylic acids is 1. The van der Waals surface area contributed by atoms with Crippen LogP contribution in [-0.4, -0.2) is 11.9 Å². The molecule has 1 N–H and O–H groups in total. The molecule has 0 radical (unpaired) electrons. The normalized spacial score (nSPS) is 12.9. The van der Waals surface area contributed by atoms with Gasteiger partial charge in [0.05, 0.1) is 0 Å². The highest BCUT2D eigenvalue weighted by Crippen LogP contribution is 2.03. The van der Waals surface area contributed by atoms with E-state index in [2.05, 4.69) is 5.32 Å². The molecule has 0 aliphatic heterocycles. The van der Waals surface area contributed by atoms with Gasteiger partial charge in [0.25, 0.3) is 0 Å². The van der Waals surface area contributed by atoms with Crippen molar-refractivity contribution in [1.82, 2.24) is 5.32 Å². The van der Waals surface area contributed by atoms with Crippen LogP contribution in [0.15, 0.2) is 11.4 Å². The van der Waals surface area contributed by atoms with Crippen LogP contribution in [0.25, 0.3) is 0 Å². The van der Waals surface area contributed by atoms with E-state index in [1.807, 2.05) is 13.8 Å². The lowest BCUT2D eigenvalue weighted by Crippen LogP contribution is -2.30. The van der Waals surface area contributed by atoms with Gasteiger partial charge in [-0.25, -0.2) is 4.39 Å². The highest BCUT2D eigenvalue weighted by molar-refractivity contribution is 5.93. The second-order valence-electron chi connectivity index (χ2n) is 2.79. The van der Waals surface area contributed by atoms with Crippen molar-refractivity contribution in [2.24, 2.45) is 0 Å². The Morgan fingerprint density at radius 1 is 1.36 bits per heavy atom. The van der Waals surface area contributed by atoms with Gasteiger partial charge >= 0.3 is 0 Å². The van der Waals surface area contributed by atoms with Gasteiger partial charge < -0.3 is 5.32 Å². The predicted octanol–water partition coefficient (Wildman–Crippen LogP) is 1.77. The van der Waals surface area contributed by atoms with Crippen molar-refractivity contribution in [1.29, 1.82) is 0 Å². The van der Waals surface area contributed by atoms with Crippen LogP contribution in [0.4, 0.5) is 4.39 Å². The monoisotopic (exact) mass is 159 g/mol. The lowest BCUT2D eigenvalue weighted by atomic mass is 10.2. The van der Waals surface area contributed by atoms with Crippen LogP contribution >= 0.6 is 0 Å². The van der Waals surface area contributed by atoms with Crippen LogP contribution in [0.1, 0.15) is 27.7 Å². The van der Waals surface area contributed by atoms with E-state index in [1.165, 1.54) is 13.8 Å². The standard InChI is InChI=1S/C8H14FNO/c1-5(2)10-8(11)6(3)7(4)9/h5H,1-4H3,(H,10,11)/b7-6-. The molecular weight excluding hydrogens is 145 g/mol. The van der Waals surface area contributed by atoms with Gasteiger partial charge in [0.15, 0.2) is 0 Å². The number of carbonyl (C=O) groups is 1. The minimum absolute atomic E-state index is 0.0526. The Hall–Kier alpha value is -0.860. The van der Waals surface area contributed by atoms with Gasteiger partial charge in [-0.3, -0.25) is 4.79 Å². The highest BCUT2D eigenvalue weighted by Gasteiger charge is 2.07. The molecule has 0 aromatic heterocycles. The Kier molecular flexibility index (Phi) is 3.79. The fourth-order valence-electron chi connectivity index (χ4n) is 0.527. The molecule has 0 atom stereocenters. The molecule has 0 aliphatic rings. The van der Waals surface area contributed by atoms with Gasteiger partial charge in [0.2, 0.25) is 5.91 Å². The van der Waals surface area contributed by atoms with E-state index in [9.17, 15) is 9.18 Å². The molecular formula is C8H14FNO.